The minimum Gasteiger partial charge on any atom is -0.453 e. The van der Waals surface area contributed by atoms with Crippen molar-refractivity contribution < 1.29 is 55.0 Å². The van der Waals surface area contributed by atoms with Crippen molar-refractivity contribution in [1.82, 2.24) is 30.4 Å². The van der Waals surface area contributed by atoms with Crippen LogP contribution in [0.25, 0.3) is 33.3 Å². The van der Waals surface area contributed by atoms with Gasteiger partial charge in [0.2, 0.25) is 11.8 Å². The Kier molecular flexibility index (Phi) is 12.8. The van der Waals surface area contributed by atoms with Gasteiger partial charge in [0.05, 0.1) is 54.9 Å². The summed E-state index contributed by atoms with van der Waals surface area (Å²) in [6.07, 6.45) is -11.3. The highest BCUT2D eigenvalue weighted by molar-refractivity contribution is 6.01. The topological polar surface area (TPSA) is 158 Å². The second-order valence-corrected chi connectivity index (χ2v) is 17.2. The molecule has 0 saturated carbocycles. The van der Waals surface area contributed by atoms with Crippen LogP contribution in [0.4, 0.5) is 41.6 Å². The van der Waals surface area contributed by atoms with Gasteiger partial charge in [0.15, 0.2) is 0 Å². The lowest BCUT2D eigenvalue weighted by Gasteiger charge is -2.31. The average Bonchev–Trinajstić information content (AvgIpc) is 4.07. The minimum atomic E-state index is -4.56. The molecule has 2 saturated heterocycles. The summed E-state index contributed by atoms with van der Waals surface area (Å²) >= 11 is 0. The van der Waals surface area contributed by atoms with Crippen LogP contribution < -0.4 is 10.6 Å². The summed E-state index contributed by atoms with van der Waals surface area (Å²) in [6.45, 7) is 5.56. The third-order valence-electron chi connectivity index (χ3n) is 12.4. The summed E-state index contributed by atoms with van der Waals surface area (Å²) in [7, 11) is 2.27. The summed E-state index contributed by atoms with van der Waals surface area (Å²) in [4.78, 5) is 66.4. The number of alkyl halides is 6. The molecule has 3 aromatic carbocycles. The van der Waals surface area contributed by atoms with Gasteiger partial charge in [-0.1, -0.05) is 70.2 Å². The molecule has 6 atom stereocenters. The number of amides is 4. The molecule has 1 aromatic heterocycles. The molecule has 0 bridgehead atoms. The SMILES string of the molecule is COC(=O)N[C@H](C(=O)N1C[C@@H](C(F)(F)F)C[C@H]1C1=Nc2cc(-c3ccc(-c4ccc5nc([C@@H]6C[C@H](C(F)(F)F)CN6C(=O)[C@@H](NC(=O)OC)C(C)C)[nH]c5c4)cc3)ccc2C1)C(C)C. The number of rotatable bonds is 10. The van der Waals surface area contributed by atoms with E-state index in [4.69, 9.17) is 4.99 Å². The molecule has 0 radical (unpaired) electrons. The molecular formula is C45H49F6N7O6. The number of fused-ring (bicyclic) bond motifs is 2. The van der Waals surface area contributed by atoms with Gasteiger partial charge in [-0.2, -0.15) is 26.3 Å². The van der Waals surface area contributed by atoms with E-state index in [1.807, 2.05) is 54.6 Å². The highest BCUT2D eigenvalue weighted by Crippen LogP contribution is 2.44. The Labute approximate surface area is 365 Å². The Morgan fingerprint density at radius 3 is 1.66 bits per heavy atom. The number of alkyl carbamates (subject to hydrolysis) is 2. The number of H-pyrrole nitrogens is 1. The Hall–Kier alpha value is -6.14. The van der Waals surface area contributed by atoms with Crippen LogP contribution in [0, 0.1) is 23.7 Å². The number of ether oxygens (including phenoxy) is 2. The number of halogens is 6. The van der Waals surface area contributed by atoms with Crippen LogP contribution in [0.15, 0.2) is 65.7 Å². The predicted octanol–water partition coefficient (Wildman–Crippen LogP) is 8.52. The molecule has 2 fully saturated rings. The van der Waals surface area contributed by atoms with E-state index >= 15 is 0 Å². The van der Waals surface area contributed by atoms with Crippen molar-refractivity contribution in [3.63, 3.8) is 0 Å². The zero-order valence-corrected chi connectivity index (χ0v) is 35.9. The number of nitrogens with one attached hydrogen (secondary N) is 3. The van der Waals surface area contributed by atoms with Crippen LogP contribution in [0.2, 0.25) is 0 Å². The number of nitrogens with zero attached hydrogens (tertiary/aromatic N) is 4. The van der Waals surface area contributed by atoms with Gasteiger partial charge >= 0.3 is 24.5 Å². The fourth-order valence-electron chi connectivity index (χ4n) is 8.77. The van der Waals surface area contributed by atoms with Crippen LogP contribution in [-0.4, -0.2) is 107 Å². The third-order valence-corrected chi connectivity index (χ3v) is 12.4. The zero-order valence-electron chi connectivity index (χ0n) is 35.9. The molecule has 342 valence electrons. The zero-order chi connectivity index (χ0) is 46.4. The van der Waals surface area contributed by atoms with Crippen LogP contribution in [0.3, 0.4) is 0 Å². The summed E-state index contributed by atoms with van der Waals surface area (Å²) in [5.41, 5.74) is 6.07. The van der Waals surface area contributed by atoms with E-state index in [0.717, 1.165) is 46.9 Å². The van der Waals surface area contributed by atoms with Crippen molar-refractivity contribution in [3.05, 3.63) is 72.1 Å². The van der Waals surface area contributed by atoms with Crippen molar-refractivity contribution in [2.45, 2.75) is 83.5 Å². The number of benzene rings is 3. The second kappa shape index (κ2) is 17.8. The first-order valence-electron chi connectivity index (χ1n) is 20.9. The van der Waals surface area contributed by atoms with Crippen molar-refractivity contribution in [3.8, 4) is 22.3 Å². The van der Waals surface area contributed by atoms with Gasteiger partial charge in [-0.3, -0.25) is 14.6 Å². The van der Waals surface area contributed by atoms with E-state index in [2.05, 4.69) is 30.1 Å². The maximum Gasteiger partial charge on any atom is 0.407 e. The van der Waals surface area contributed by atoms with Gasteiger partial charge in [-0.25, -0.2) is 14.6 Å². The maximum absolute atomic E-state index is 14.1. The Morgan fingerprint density at radius 2 is 1.16 bits per heavy atom. The standard InChI is InChI=1S/C45H49F6N7O6/c1-22(2)37(55-42(61)63-5)40(59)57-20-29(44(46,47)48)18-35(57)34-17-28-12-11-26(15-32(28)52-34)24-7-9-25(10-8-24)27-13-14-31-33(16-27)54-39(53-31)36-19-30(45(49,50)51)21-58(36)41(60)38(23(3)4)56-43(62)64-6/h7-16,22-23,29-30,35-38H,17-21H2,1-6H3,(H,53,54)(H,55,61)(H,56,62)/t29-,30-,35-,36-,37-,38-/m0/s1. The number of aliphatic imine (C=N–C) groups is 1. The molecule has 3 aliphatic heterocycles. The molecular weight excluding hydrogens is 849 g/mol. The average molecular weight is 898 g/mol. The van der Waals surface area contributed by atoms with Crippen molar-refractivity contribution in [1.29, 1.82) is 0 Å². The fourth-order valence-corrected chi connectivity index (χ4v) is 8.77. The van der Waals surface area contributed by atoms with Crippen LogP contribution in [-0.2, 0) is 25.5 Å². The lowest BCUT2D eigenvalue weighted by atomic mass is 9.96. The van der Waals surface area contributed by atoms with Crippen molar-refractivity contribution in [2.24, 2.45) is 28.7 Å². The molecule has 0 spiro atoms. The molecule has 19 heteroatoms. The maximum atomic E-state index is 14.1. The summed E-state index contributed by atoms with van der Waals surface area (Å²) in [5.74, 6) is -5.55. The molecule has 3 N–H and O–H groups in total. The van der Waals surface area contributed by atoms with Gasteiger partial charge in [0.1, 0.15) is 17.9 Å². The van der Waals surface area contributed by atoms with E-state index in [-0.39, 0.29) is 18.7 Å². The number of methoxy groups -OCH3 is 2. The minimum absolute atomic E-state index is 0.188. The number of aromatic nitrogens is 2. The molecule has 64 heavy (non-hydrogen) atoms. The fraction of sp³-hybridized carbons (Fsp3) is 0.467. The van der Waals surface area contributed by atoms with E-state index < -0.39 is 104 Å². The molecule has 0 unspecified atom stereocenters. The smallest absolute Gasteiger partial charge is 0.407 e. The molecule has 0 aliphatic carbocycles. The van der Waals surface area contributed by atoms with Gasteiger partial charge in [-0.05, 0) is 70.7 Å². The first-order chi connectivity index (χ1) is 30.2. The number of hydrogen-bond acceptors (Lipinski definition) is 8. The van der Waals surface area contributed by atoms with Crippen LogP contribution in [0.5, 0.6) is 0 Å². The number of hydrogen-bond donors (Lipinski definition) is 3. The lowest BCUT2D eigenvalue weighted by molar-refractivity contribution is -0.172. The second-order valence-electron chi connectivity index (χ2n) is 17.2. The number of imidazole rings is 1. The summed E-state index contributed by atoms with van der Waals surface area (Å²) < 4.78 is 93.8. The highest BCUT2D eigenvalue weighted by atomic mass is 19.4. The number of aromatic amines is 1. The quantitative estimate of drug-likeness (QED) is 0.135. The normalized spacial score (nSPS) is 20.9. The summed E-state index contributed by atoms with van der Waals surface area (Å²) in [6, 6.07) is 14.4. The van der Waals surface area contributed by atoms with Gasteiger partial charge in [0, 0.05) is 25.2 Å². The van der Waals surface area contributed by atoms with E-state index in [9.17, 15) is 45.5 Å². The number of carbonyl (C=O) groups excluding carboxylic acids is 4. The first-order valence-corrected chi connectivity index (χ1v) is 20.9. The van der Waals surface area contributed by atoms with E-state index in [1.54, 1.807) is 33.8 Å². The highest BCUT2D eigenvalue weighted by Gasteiger charge is 2.53. The largest absolute Gasteiger partial charge is 0.453 e. The predicted molar refractivity (Wildman–Crippen MR) is 224 cm³/mol. The first kappa shape index (κ1) is 45.9. The number of likely N-dealkylation sites (tertiary alicyclic amines) is 2. The molecule has 4 heterocycles. The molecule has 13 nitrogen and oxygen atoms in total. The van der Waals surface area contributed by atoms with Crippen molar-refractivity contribution in [2.75, 3.05) is 27.3 Å². The number of carbonyl (C=O) groups is 4. The van der Waals surface area contributed by atoms with Crippen LogP contribution >= 0.6 is 0 Å². The Morgan fingerprint density at radius 1 is 0.688 bits per heavy atom. The van der Waals surface area contributed by atoms with E-state index in [1.165, 1.54) is 4.90 Å². The Balaban J connectivity index is 1.10. The van der Waals surface area contributed by atoms with Crippen LogP contribution in [0.1, 0.15) is 58.0 Å². The lowest BCUT2D eigenvalue weighted by Crippen LogP contribution is -2.54. The van der Waals surface area contributed by atoms with Gasteiger partial charge in [0.25, 0.3) is 0 Å². The monoisotopic (exact) mass is 897 g/mol. The molecule has 7 rings (SSSR count). The third kappa shape index (κ3) is 9.38. The molecule has 4 amide bonds. The van der Waals surface area contributed by atoms with Gasteiger partial charge < -0.3 is 34.9 Å². The Bertz CT molecular complexity index is 2450. The molecule has 4 aromatic rings. The van der Waals surface area contributed by atoms with Gasteiger partial charge in [-0.15, -0.1) is 0 Å². The van der Waals surface area contributed by atoms with E-state index in [0.29, 0.717) is 22.4 Å². The molecule has 3 aliphatic rings. The summed E-state index contributed by atoms with van der Waals surface area (Å²) in [5, 5.41) is 4.93. The van der Waals surface area contributed by atoms with Crippen molar-refractivity contribution >= 4 is 46.4 Å².